The van der Waals surface area contributed by atoms with Gasteiger partial charge in [-0.1, -0.05) is 11.2 Å². The van der Waals surface area contributed by atoms with Crippen LogP contribution in [0.5, 0.6) is 0 Å². The first-order chi connectivity index (χ1) is 9.86. The molecular weight excluding hydrogens is 272 g/mol. The van der Waals surface area contributed by atoms with Gasteiger partial charge in [0.25, 0.3) is 0 Å². The van der Waals surface area contributed by atoms with E-state index >= 15 is 0 Å². The molecule has 5 nitrogen and oxygen atoms in total. The summed E-state index contributed by atoms with van der Waals surface area (Å²) < 4.78 is 5.31. The Balaban J connectivity index is 1.49. The van der Waals surface area contributed by atoms with Gasteiger partial charge >= 0.3 is 0 Å². The Hall–Kier alpha value is -1.24. The summed E-state index contributed by atoms with van der Waals surface area (Å²) in [6, 6.07) is 4.57. The highest BCUT2D eigenvalue weighted by atomic mass is 32.1. The number of hydrogen-bond acceptors (Lipinski definition) is 6. The fraction of sp³-hybridized carbons (Fsp3) is 0.571. The zero-order valence-electron chi connectivity index (χ0n) is 11.5. The quantitative estimate of drug-likeness (QED) is 0.883. The van der Waals surface area contributed by atoms with Gasteiger partial charge in [0, 0.05) is 19.0 Å². The maximum atomic E-state index is 5.78. The molecule has 0 spiro atoms. The van der Waals surface area contributed by atoms with Crippen LogP contribution in [-0.4, -0.2) is 40.7 Å². The van der Waals surface area contributed by atoms with Gasteiger partial charge in [0.1, 0.15) is 0 Å². The normalized spacial score (nSPS) is 19.8. The van der Waals surface area contributed by atoms with Crippen molar-refractivity contribution in [3.05, 3.63) is 23.4 Å². The Morgan fingerprint density at radius 2 is 2.45 bits per heavy atom. The summed E-state index contributed by atoms with van der Waals surface area (Å²) in [6.07, 6.45) is 4.39. The molecule has 0 aliphatic carbocycles. The van der Waals surface area contributed by atoms with Gasteiger partial charge in [0.15, 0.2) is 0 Å². The van der Waals surface area contributed by atoms with Crippen LogP contribution in [0.3, 0.4) is 0 Å². The van der Waals surface area contributed by atoms with E-state index in [0.717, 1.165) is 36.7 Å². The molecule has 1 fully saturated rings. The lowest BCUT2D eigenvalue weighted by atomic mass is 10.2. The molecule has 3 heterocycles. The lowest BCUT2D eigenvalue weighted by Crippen LogP contribution is -2.36. The van der Waals surface area contributed by atoms with Crippen LogP contribution in [-0.2, 0) is 6.42 Å². The van der Waals surface area contributed by atoms with Crippen LogP contribution in [0.2, 0.25) is 0 Å². The first-order valence-corrected chi connectivity index (χ1v) is 8.05. The second-order valence-electron chi connectivity index (χ2n) is 5.16. The Morgan fingerprint density at radius 3 is 3.25 bits per heavy atom. The second kappa shape index (κ2) is 6.47. The van der Waals surface area contributed by atoms with Crippen LogP contribution >= 0.6 is 11.3 Å². The molecule has 2 aromatic heterocycles. The van der Waals surface area contributed by atoms with Crippen molar-refractivity contribution in [1.29, 1.82) is 0 Å². The topological polar surface area (TPSA) is 68.2 Å². The summed E-state index contributed by atoms with van der Waals surface area (Å²) in [4.78, 5) is 7.99. The van der Waals surface area contributed by atoms with Crippen molar-refractivity contribution in [3.8, 4) is 10.7 Å². The molecule has 0 bridgehead atoms. The summed E-state index contributed by atoms with van der Waals surface area (Å²) >= 11 is 1.63. The van der Waals surface area contributed by atoms with Gasteiger partial charge < -0.3 is 10.3 Å². The number of aryl methyl sites for hydroxylation is 1. The lowest BCUT2D eigenvalue weighted by Gasteiger charge is -2.22. The monoisotopic (exact) mass is 292 g/mol. The zero-order chi connectivity index (χ0) is 13.8. The summed E-state index contributed by atoms with van der Waals surface area (Å²) in [5.74, 6) is 1.44. The van der Waals surface area contributed by atoms with Gasteiger partial charge in [-0.2, -0.15) is 4.98 Å². The fourth-order valence-electron chi connectivity index (χ4n) is 2.75. The maximum absolute atomic E-state index is 5.78. The van der Waals surface area contributed by atoms with E-state index in [0.29, 0.717) is 11.9 Å². The first kappa shape index (κ1) is 13.7. The third kappa shape index (κ3) is 3.08. The zero-order valence-corrected chi connectivity index (χ0v) is 12.3. The van der Waals surface area contributed by atoms with Gasteiger partial charge in [-0.3, -0.25) is 4.90 Å². The Bertz CT molecular complexity index is 525. The van der Waals surface area contributed by atoms with Crippen LogP contribution < -0.4 is 5.73 Å². The molecule has 1 atom stereocenters. The fourth-order valence-corrected chi connectivity index (χ4v) is 3.40. The largest absolute Gasteiger partial charge is 0.339 e. The Morgan fingerprint density at radius 1 is 1.50 bits per heavy atom. The van der Waals surface area contributed by atoms with Gasteiger partial charge in [0.05, 0.1) is 4.88 Å². The van der Waals surface area contributed by atoms with E-state index in [1.165, 1.54) is 19.4 Å². The molecule has 6 heteroatoms. The van der Waals surface area contributed by atoms with Crippen molar-refractivity contribution in [1.82, 2.24) is 15.0 Å². The molecule has 1 saturated heterocycles. The van der Waals surface area contributed by atoms with Crippen molar-refractivity contribution >= 4 is 11.3 Å². The minimum atomic E-state index is 0.569. The number of rotatable bonds is 6. The maximum Gasteiger partial charge on any atom is 0.227 e. The summed E-state index contributed by atoms with van der Waals surface area (Å²) in [7, 11) is 0. The number of nitrogens with two attached hydrogens (primary N) is 1. The number of aromatic nitrogens is 2. The van der Waals surface area contributed by atoms with Crippen molar-refractivity contribution in [2.75, 3.05) is 19.6 Å². The lowest BCUT2D eigenvalue weighted by molar-refractivity contribution is 0.251. The van der Waals surface area contributed by atoms with E-state index < -0.39 is 0 Å². The van der Waals surface area contributed by atoms with Crippen molar-refractivity contribution < 1.29 is 4.52 Å². The molecule has 0 radical (unpaired) electrons. The second-order valence-corrected chi connectivity index (χ2v) is 6.11. The predicted octanol–water partition coefficient (Wildman–Crippen LogP) is 2.15. The third-order valence-electron chi connectivity index (χ3n) is 3.82. The number of thiophene rings is 1. The minimum absolute atomic E-state index is 0.569. The number of likely N-dealkylation sites (tertiary alicyclic amines) is 1. The highest BCUT2D eigenvalue weighted by molar-refractivity contribution is 7.13. The molecule has 0 saturated carbocycles. The summed E-state index contributed by atoms with van der Waals surface area (Å²) in [5, 5.41) is 6.05. The summed E-state index contributed by atoms with van der Waals surface area (Å²) in [5.41, 5.74) is 5.78. The van der Waals surface area contributed by atoms with E-state index in [-0.39, 0.29) is 0 Å². The van der Waals surface area contributed by atoms with E-state index in [1.807, 2.05) is 17.5 Å². The Kier molecular flexibility index (Phi) is 4.44. The molecule has 0 aromatic carbocycles. The van der Waals surface area contributed by atoms with E-state index in [4.69, 9.17) is 10.3 Å². The van der Waals surface area contributed by atoms with Gasteiger partial charge in [-0.05, 0) is 43.8 Å². The van der Waals surface area contributed by atoms with Crippen LogP contribution in [0.25, 0.3) is 10.7 Å². The molecule has 2 N–H and O–H groups in total. The van der Waals surface area contributed by atoms with Crippen LogP contribution in [0.4, 0.5) is 0 Å². The van der Waals surface area contributed by atoms with Gasteiger partial charge in [0.2, 0.25) is 11.7 Å². The predicted molar refractivity (Wildman–Crippen MR) is 79.6 cm³/mol. The highest BCUT2D eigenvalue weighted by Crippen LogP contribution is 2.22. The average molecular weight is 292 g/mol. The van der Waals surface area contributed by atoms with Crippen LogP contribution in [0.1, 0.15) is 25.2 Å². The molecule has 0 amide bonds. The average Bonchev–Trinajstić information content (AvgIpc) is 3.20. The Labute approximate surface area is 122 Å². The summed E-state index contributed by atoms with van der Waals surface area (Å²) in [6.45, 7) is 3.01. The first-order valence-electron chi connectivity index (χ1n) is 7.17. The smallest absolute Gasteiger partial charge is 0.227 e. The molecule has 2 aromatic rings. The molecule has 1 unspecified atom stereocenters. The standard InChI is InChI=1S/C14H20N4OS/c15-10-11-4-1-7-18(11)8-2-6-13-16-14(17-19-13)12-5-3-9-20-12/h3,5,9,11H,1-2,4,6-8,10,15H2. The molecule has 3 rings (SSSR count). The van der Waals surface area contributed by atoms with Crippen LogP contribution in [0, 0.1) is 0 Å². The van der Waals surface area contributed by atoms with Gasteiger partial charge in [-0.15, -0.1) is 11.3 Å². The molecule has 20 heavy (non-hydrogen) atoms. The van der Waals surface area contributed by atoms with E-state index in [9.17, 15) is 0 Å². The van der Waals surface area contributed by atoms with Crippen molar-refractivity contribution in [2.45, 2.75) is 31.7 Å². The number of hydrogen-bond donors (Lipinski definition) is 1. The van der Waals surface area contributed by atoms with E-state index in [1.54, 1.807) is 11.3 Å². The number of nitrogens with zero attached hydrogens (tertiary/aromatic N) is 3. The van der Waals surface area contributed by atoms with Crippen molar-refractivity contribution in [3.63, 3.8) is 0 Å². The minimum Gasteiger partial charge on any atom is -0.339 e. The molecule has 1 aliphatic heterocycles. The highest BCUT2D eigenvalue weighted by Gasteiger charge is 2.22. The van der Waals surface area contributed by atoms with E-state index in [2.05, 4.69) is 15.0 Å². The molecular formula is C14H20N4OS. The van der Waals surface area contributed by atoms with Crippen LogP contribution in [0.15, 0.2) is 22.0 Å². The third-order valence-corrected chi connectivity index (χ3v) is 4.68. The molecule has 108 valence electrons. The SMILES string of the molecule is NCC1CCCN1CCCc1nc(-c2cccs2)no1. The molecule has 1 aliphatic rings. The van der Waals surface area contributed by atoms with Gasteiger partial charge in [-0.25, -0.2) is 0 Å². The van der Waals surface area contributed by atoms with Crippen molar-refractivity contribution in [2.24, 2.45) is 5.73 Å².